The van der Waals surface area contributed by atoms with E-state index in [1.807, 2.05) is 6.92 Å². The Morgan fingerprint density at radius 1 is 1.69 bits per heavy atom. The van der Waals surface area contributed by atoms with E-state index in [0.717, 1.165) is 10.6 Å². The molecule has 0 unspecified atom stereocenters. The van der Waals surface area contributed by atoms with Gasteiger partial charge in [-0.15, -0.1) is 11.8 Å². The lowest BCUT2D eigenvalue weighted by atomic mass is 9.98. The van der Waals surface area contributed by atoms with E-state index in [1.165, 1.54) is 13.1 Å². The van der Waals surface area contributed by atoms with E-state index in [1.54, 1.807) is 17.8 Å². The third-order valence-corrected chi connectivity index (χ3v) is 2.42. The van der Waals surface area contributed by atoms with E-state index >= 15 is 0 Å². The summed E-state index contributed by atoms with van der Waals surface area (Å²) in [6.45, 7) is 3.54. The van der Waals surface area contributed by atoms with Crippen LogP contribution >= 0.6 is 11.8 Å². The lowest BCUT2D eigenvalue weighted by Crippen LogP contribution is -2.09. The zero-order chi connectivity index (χ0) is 9.84. The maximum Gasteiger partial charge on any atom is 0.179 e. The Labute approximate surface area is 83.5 Å². The predicted octanol–water partition coefficient (Wildman–Crippen LogP) is 1.19. The average molecular weight is 191 g/mol. The molecule has 0 aliphatic heterocycles. The highest BCUT2D eigenvalue weighted by molar-refractivity contribution is 7.99. The van der Waals surface area contributed by atoms with Crippen LogP contribution in [0.2, 0.25) is 0 Å². The first-order valence-corrected chi connectivity index (χ1v) is 5.03. The molecule has 0 saturated heterocycles. The lowest BCUT2D eigenvalue weighted by molar-refractivity contribution is 0.101. The number of hydrogen-bond donors (Lipinski definition) is 0. The van der Waals surface area contributed by atoms with Crippen LogP contribution < -0.4 is 5.46 Å². The maximum absolute atomic E-state index is 11.1. The molecule has 2 nitrogen and oxygen atoms in total. The van der Waals surface area contributed by atoms with Gasteiger partial charge in [-0.3, -0.25) is 9.78 Å². The first kappa shape index (κ1) is 10.3. The Balaban J connectivity index is 3.10. The van der Waals surface area contributed by atoms with Crippen molar-refractivity contribution in [3.8, 4) is 0 Å². The van der Waals surface area contributed by atoms with Gasteiger partial charge in [-0.25, -0.2) is 0 Å². The van der Waals surface area contributed by atoms with E-state index in [9.17, 15) is 4.79 Å². The van der Waals surface area contributed by atoms with Gasteiger partial charge in [0.2, 0.25) is 0 Å². The Kier molecular flexibility index (Phi) is 3.54. The molecule has 1 aromatic rings. The van der Waals surface area contributed by atoms with Gasteiger partial charge in [0.1, 0.15) is 13.5 Å². The van der Waals surface area contributed by atoms with Crippen molar-refractivity contribution in [2.45, 2.75) is 18.7 Å². The standard InChI is InChI=1S/C9H10BNOS/c1-3-13-8-4-7(10)5-11-9(8)6(2)12/h4-5H,3H2,1-2H3. The minimum absolute atomic E-state index is 0.0176. The Bertz CT molecular complexity index is 327. The van der Waals surface area contributed by atoms with Crippen LogP contribution in [0.5, 0.6) is 0 Å². The van der Waals surface area contributed by atoms with Crippen LogP contribution in [0, 0.1) is 0 Å². The lowest BCUT2D eigenvalue weighted by Gasteiger charge is -2.04. The molecule has 0 saturated carbocycles. The van der Waals surface area contributed by atoms with Gasteiger partial charge in [-0.2, -0.15) is 0 Å². The quantitative estimate of drug-likeness (QED) is 0.408. The fraction of sp³-hybridized carbons (Fsp3) is 0.333. The summed E-state index contributed by atoms with van der Waals surface area (Å²) < 4.78 is 0. The summed E-state index contributed by atoms with van der Waals surface area (Å²) in [5.74, 6) is 0.891. The number of carbonyl (C=O) groups excluding carboxylic acids is 1. The van der Waals surface area contributed by atoms with Crippen molar-refractivity contribution in [1.29, 1.82) is 0 Å². The molecular formula is C9H10BNOS. The van der Waals surface area contributed by atoms with Gasteiger partial charge in [0.05, 0.1) is 0 Å². The van der Waals surface area contributed by atoms with Crippen LogP contribution in [0.1, 0.15) is 24.3 Å². The number of ketones is 1. The fourth-order valence-electron chi connectivity index (χ4n) is 0.990. The van der Waals surface area contributed by atoms with Crippen LogP contribution in [-0.2, 0) is 0 Å². The summed E-state index contributed by atoms with van der Waals surface area (Å²) in [5, 5.41) is 0. The van der Waals surface area contributed by atoms with E-state index in [4.69, 9.17) is 7.85 Å². The molecule has 1 aromatic heterocycles. The molecule has 0 aliphatic rings. The van der Waals surface area contributed by atoms with Crippen molar-refractivity contribution >= 4 is 30.9 Å². The summed E-state index contributed by atoms with van der Waals surface area (Å²) >= 11 is 1.58. The average Bonchev–Trinajstić information content (AvgIpc) is 2.04. The molecule has 1 heterocycles. The first-order chi connectivity index (χ1) is 6.15. The summed E-state index contributed by atoms with van der Waals surface area (Å²) in [5.41, 5.74) is 1.11. The second-order valence-electron chi connectivity index (χ2n) is 2.60. The van der Waals surface area contributed by atoms with Gasteiger partial charge in [0.15, 0.2) is 5.78 Å². The molecule has 0 fully saturated rings. The monoisotopic (exact) mass is 191 g/mol. The number of thioether (sulfide) groups is 1. The summed E-state index contributed by atoms with van der Waals surface area (Å²) in [7, 11) is 5.57. The Hall–Kier alpha value is -0.765. The van der Waals surface area contributed by atoms with Crippen LogP contribution in [0.4, 0.5) is 0 Å². The van der Waals surface area contributed by atoms with E-state index in [0.29, 0.717) is 11.2 Å². The minimum Gasteiger partial charge on any atom is -0.293 e. The molecule has 2 radical (unpaired) electrons. The van der Waals surface area contributed by atoms with Crippen LogP contribution in [0.25, 0.3) is 0 Å². The van der Waals surface area contributed by atoms with Gasteiger partial charge in [0, 0.05) is 18.0 Å². The summed E-state index contributed by atoms with van der Waals surface area (Å²) in [6, 6.07) is 1.79. The highest BCUT2D eigenvalue weighted by Gasteiger charge is 2.08. The zero-order valence-corrected chi connectivity index (χ0v) is 8.52. The topological polar surface area (TPSA) is 30.0 Å². The van der Waals surface area contributed by atoms with Gasteiger partial charge < -0.3 is 0 Å². The minimum atomic E-state index is -0.0176. The fourth-order valence-corrected chi connectivity index (χ4v) is 1.85. The third-order valence-electron chi connectivity index (χ3n) is 1.51. The van der Waals surface area contributed by atoms with Gasteiger partial charge >= 0.3 is 0 Å². The summed E-state index contributed by atoms with van der Waals surface area (Å²) in [4.78, 5) is 16.0. The highest BCUT2D eigenvalue weighted by atomic mass is 32.2. The van der Waals surface area contributed by atoms with Crippen LogP contribution in [0.3, 0.4) is 0 Å². The highest BCUT2D eigenvalue weighted by Crippen LogP contribution is 2.19. The molecule has 0 spiro atoms. The molecule has 13 heavy (non-hydrogen) atoms. The molecule has 1 rings (SSSR count). The third kappa shape index (κ3) is 2.59. The number of carbonyl (C=O) groups is 1. The smallest absolute Gasteiger partial charge is 0.179 e. The number of Topliss-reactive ketones (excluding diaryl/α,β-unsaturated/α-hetero) is 1. The van der Waals surface area contributed by atoms with Crippen molar-refractivity contribution in [1.82, 2.24) is 4.98 Å². The molecular weight excluding hydrogens is 181 g/mol. The molecule has 0 aliphatic carbocycles. The molecule has 0 aromatic carbocycles. The van der Waals surface area contributed by atoms with Gasteiger partial charge in [0.25, 0.3) is 0 Å². The second kappa shape index (κ2) is 4.47. The van der Waals surface area contributed by atoms with Crippen molar-refractivity contribution < 1.29 is 4.79 Å². The van der Waals surface area contributed by atoms with Crippen LogP contribution in [0.15, 0.2) is 17.2 Å². The normalized spacial score (nSPS) is 10.0. The van der Waals surface area contributed by atoms with Crippen molar-refractivity contribution in [2.75, 3.05) is 5.75 Å². The number of pyridine rings is 1. The van der Waals surface area contributed by atoms with Crippen molar-refractivity contribution in [3.05, 3.63) is 18.0 Å². The van der Waals surface area contributed by atoms with Crippen molar-refractivity contribution in [2.24, 2.45) is 0 Å². The molecule has 0 amide bonds. The van der Waals surface area contributed by atoms with Gasteiger partial charge in [-0.05, 0) is 5.75 Å². The number of hydrogen-bond acceptors (Lipinski definition) is 3. The van der Waals surface area contributed by atoms with E-state index in [-0.39, 0.29) is 5.78 Å². The molecule has 0 N–H and O–H groups in total. The Morgan fingerprint density at radius 2 is 2.38 bits per heavy atom. The SMILES string of the molecule is [B]c1cnc(C(C)=O)c(SCC)c1. The van der Waals surface area contributed by atoms with Crippen LogP contribution in [-0.4, -0.2) is 24.4 Å². The largest absolute Gasteiger partial charge is 0.293 e. The molecule has 0 bridgehead atoms. The number of aromatic nitrogens is 1. The predicted molar refractivity (Wildman–Crippen MR) is 56.0 cm³/mol. The molecule has 4 heteroatoms. The zero-order valence-electron chi connectivity index (χ0n) is 7.70. The Morgan fingerprint density at radius 3 is 2.92 bits per heavy atom. The van der Waals surface area contributed by atoms with E-state index in [2.05, 4.69) is 4.98 Å². The second-order valence-corrected chi connectivity index (χ2v) is 3.91. The summed E-state index contributed by atoms with van der Waals surface area (Å²) in [6.07, 6.45) is 1.51. The first-order valence-electron chi connectivity index (χ1n) is 4.04. The van der Waals surface area contributed by atoms with E-state index < -0.39 is 0 Å². The molecule has 66 valence electrons. The van der Waals surface area contributed by atoms with Crippen molar-refractivity contribution in [3.63, 3.8) is 0 Å². The molecule has 0 atom stereocenters. The number of nitrogens with zero attached hydrogens (tertiary/aromatic N) is 1. The maximum atomic E-state index is 11.1. The van der Waals surface area contributed by atoms with Gasteiger partial charge in [-0.1, -0.05) is 18.5 Å². The number of rotatable bonds is 3.